The van der Waals surface area contributed by atoms with E-state index in [1.54, 1.807) is 6.08 Å². The molecule has 0 heterocycles. The molecule has 4 heteroatoms. The lowest BCUT2D eigenvalue weighted by Crippen LogP contribution is -2.24. The third kappa shape index (κ3) is 19.1. The van der Waals surface area contributed by atoms with Crippen molar-refractivity contribution < 1.29 is 20.1 Å². The SMILES string of the molecule is C=CCC(O)C(O)CCCCC.CCCCCCCC(=O)O. The number of carboxylic acid groups (broad SMARTS) is 1. The van der Waals surface area contributed by atoms with E-state index in [0.29, 0.717) is 19.3 Å². The number of hydrogen-bond acceptors (Lipinski definition) is 3. The van der Waals surface area contributed by atoms with Crippen LogP contribution in [0.5, 0.6) is 0 Å². The van der Waals surface area contributed by atoms with Gasteiger partial charge in [-0.1, -0.05) is 64.9 Å². The van der Waals surface area contributed by atoms with Crippen molar-refractivity contribution in [2.45, 2.75) is 96.7 Å². The van der Waals surface area contributed by atoms with Gasteiger partial charge in [-0.3, -0.25) is 4.79 Å². The fourth-order valence-electron chi connectivity index (χ4n) is 2.00. The van der Waals surface area contributed by atoms with Crippen molar-refractivity contribution in [1.82, 2.24) is 0 Å². The molecular weight excluding hydrogens is 280 g/mol. The average Bonchev–Trinajstić information content (AvgIpc) is 2.48. The first-order valence-electron chi connectivity index (χ1n) is 8.68. The second-order valence-corrected chi connectivity index (χ2v) is 5.71. The van der Waals surface area contributed by atoms with Crippen molar-refractivity contribution in [3.63, 3.8) is 0 Å². The molecule has 0 fully saturated rings. The van der Waals surface area contributed by atoms with Crippen LogP contribution in [-0.2, 0) is 4.79 Å². The molecule has 2 atom stereocenters. The van der Waals surface area contributed by atoms with E-state index in [9.17, 15) is 15.0 Å². The third-order valence-corrected chi connectivity index (χ3v) is 3.45. The molecule has 2 unspecified atom stereocenters. The zero-order chi connectivity index (χ0) is 17.2. The number of carbonyl (C=O) groups is 1. The first-order valence-corrected chi connectivity index (χ1v) is 8.68. The van der Waals surface area contributed by atoms with Gasteiger partial charge in [-0.25, -0.2) is 0 Å². The Morgan fingerprint density at radius 3 is 2.00 bits per heavy atom. The second kappa shape index (κ2) is 18.2. The maximum atomic E-state index is 10.0. The van der Waals surface area contributed by atoms with Crippen LogP contribution in [0.4, 0.5) is 0 Å². The molecule has 0 rings (SSSR count). The summed E-state index contributed by atoms with van der Waals surface area (Å²) in [5, 5.41) is 26.9. The standard InChI is InChI=1S/C10H20O2.C8H16O2/c1-3-5-6-8-10(12)9(11)7-4-2;1-2-3-4-5-6-7-8(9)10/h4,9-12H,2-3,5-8H2,1H3;2-7H2,1H3,(H,9,10). The minimum Gasteiger partial charge on any atom is -0.481 e. The summed E-state index contributed by atoms with van der Waals surface area (Å²) in [4.78, 5) is 10.0. The Labute approximate surface area is 136 Å². The van der Waals surface area contributed by atoms with Crippen LogP contribution in [0.1, 0.15) is 84.5 Å². The smallest absolute Gasteiger partial charge is 0.303 e. The van der Waals surface area contributed by atoms with Gasteiger partial charge >= 0.3 is 5.97 Å². The van der Waals surface area contributed by atoms with E-state index in [0.717, 1.165) is 32.1 Å². The second-order valence-electron chi connectivity index (χ2n) is 5.71. The lowest BCUT2D eigenvalue weighted by molar-refractivity contribution is -0.137. The molecule has 0 radical (unpaired) electrons. The molecule has 0 aromatic carbocycles. The molecular formula is C18H36O4. The fourth-order valence-corrected chi connectivity index (χ4v) is 2.00. The average molecular weight is 316 g/mol. The Kier molecular flexibility index (Phi) is 19.3. The summed E-state index contributed by atoms with van der Waals surface area (Å²) in [6, 6.07) is 0. The van der Waals surface area contributed by atoms with Gasteiger partial charge in [-0.2, -0.15) is 0 Å². The predicted molar refractivity (Wildman–Crippen MR) is 92.0 cm³/mol. The van der Waals surface area contributed by atoms with Crippen LogP contribution in [0.3, 0.4) is 0 Å². The lowest BCUT2D eigenvalue weighted by Gasteiger charge is -2.15. The van der Waals surface area contributed by atoms with Crippen LogP contribution in [0.2, 0.25) is 0 Å². The number of unbranched alkanes of at least 4 members (excludes halogenated alkanes) is 6. The van der Waals surface area contributed by atoms with E-state index < -0.39 is 18.2 Å². The summed E-state index contributed by atoms with van der Waals surface area (Å²) < 4.78 is 0. The normalized spacial score (nSPS) is 12.9. The van der Waals surface area contributed by atoms with Crippen LogP contribution in [0, 0.1) is 0 Å². The van der Waals surface area contributed by atoms with E-state index in [4.69, 9.17) is 5.11 Å². The minimum absolute atomic E-state index is 0.337. The Balaban J connectivity index is 0. The summed E-state index contributed by atoms with van der Waals surface area (Å²) in [5.74, 6) is -0.670. The summed E-state index contributed by atoms with van der Waals surface area (Å²) in [6.07, 6.45) is 10.8. The summed E-state index contributed by atoms with van der Waals surface area (Å²) in [7, 11) is 0. The van der Waals surface area contributed by atoms with Gasteiger partial charge in [0.05, 0.1) is 12.2 Å². The highest BCUT2D eigenvalue weighted by Gasteiger charge is 2.13. The van der Waals surface area contributed by atoms with Crippen LogP contribution >= 0.6 is 0 Å². The first-order chi connectivity index (χ1) is 10.5. The first kappa shape index (κ1) is 23.4. The maximum absolute atomic E-state index is 10.0. The molecule has 3 N–H and O–H groups in total. The maximum Gasteiger partial charge on any atom is 0.303 e. The molecule has 132 valence electrons. The predicted octanol–water partition coefficient (Wildman–Crippen LogP) is 4.30. The number of carboxylic acids is 1. The van der Waals surface area contributed by atoms with Gasteiger partial charge in [-0.15, -0.1) is 6.58 Å². The molecule has 0 aliphatic rings. The van der Waals surface area contributed by atoms with Gasteiger partial charge in [0.15, 0.2) is 0 Å². The van der Waals surface area contributed by atoms with Crippen LogP contribution in [-0.4, -0.2) is 33.5 Å². The van der Waals surface area contributed by atoms with Crippen molar-refractivity contribution in [2.75, 3.05) is 0 Å². The van der Waals surface area contributed by atoms with Crippen molar-refractivity contribution in [1.29, 1.82) is 0 Å². The zero-order valence-corrected chi connectivity index (χ0v) is 14.5. The largest absolute Gasteiger partial charge is 0.481 e. The van der Waals surface area contributed by atoms with E-state index in [2.05, 4.69) is 20.4 Å². The topological polar surface area (TPSA) is 77.8 Å². The van der Waals surface area contributed by atoms with E-state index in [1.807, 2.05) is 0 Å². The lowest BCUT2D eigenvalue weighted by atomic mass is 10.0. The Morgan fingerprint density at radius 2 is 1.50 bits per heavy atom. The molecule has 0 spiro atoms. The zero-order valence-electron chi connectivity index (χ0n) is 14.5. The fraction of sp³-hybridized carbons (Fsp3) is 0.833. The summed E-state index contributed by atoms with van der Waals surface area (Å²) in [6.45, 7) is 7.78. The van der Waals surface area contributed by atoms with Crippen molar-refractivity contribution in [3.05, 3.63) is 12.7 Å². The van der Waals surface area contributed by atoms with Gasteiger partial charge < -0.3 is 15.3 Å². The molecule has 0 saturated carbocycles. The number of aliphatic hydroxyl groups excluding tert-OH is 2. The number of aliphatic hydroxyl groups is 2. The van der Waals surface area contributed by atoms with Crippen LogP contribution in [0.25, 0.3) is 0 Å². The molecule has 0 bridgehead atoms. The van der Waals surface area contributed by atoms with Crippen molar-refractivity contribution in [2.24, 2.45) is 0 Å². The summed E-state index contributed by atoms with van der Waals surface area (Å²) >= 11 is 0. The molecule has 0 amide bonds. The summed E-state index contributed by atoms with van der Waals surface area (Å²) in [5.41, 5.74) is 0. The van der Waals surface area contributed by atoms with Crippen molar-refractivity contribution in [3.8, 4) is 0 Å². The molecule has 0 saturated heterocycles. The molecule has 22 heavy (non-hydrogen) atoms. The van der Waals surface area contributed by atoms with Gasteiger partial charge in [0.1, 0.15) is 0 Å². The number of rotatable bonds is 13. The molecule has 0 aromatic heterocycles. The Bertz CT molecular complexity index is 253. The van der Waals surface area contributed by atoms with E-state index in [1.165, 1.54) is 19.3 Å². The van der Waals surface area contributed by atoms with Gasteiger partial charge in [0, 0.05) is 6.42 Å². The monoisotopic (exact) mass is 316 g/mol. The highest BCUT2D eigenvalue weighted by Crippen LogP contribution is 2.09. The Morgan fingerprint density at radius 1 is 0.955 bits per heavy atom. The van der Waals surface area contributed by atoms with Crippen molar-refractivity contribution >= 4 is 5.97 Å². The minimum atomic E-state index is -0.670. The molecule has 4 nitrogen and oxygen atoms in total. The highest BCUT2D eigenvalue weighted by molar-refractivity contribution is 5.66. The van der Waals surface area contributed by atoms with E-state index >= 15 is 0 Å². The molecule has 0 aliphatic carbocycles. The van der Waals surface area contributed by atoms with Gasteiger partial charge in [0.25, 0.3) is 0 Å². The quantitative estimate of drug-likeness (QED) is 0.350. The third-order valence-electron chi connectivity index (χ3n) is 3.45. The van der Waals surface area contributed by atoms with Crippen LogP contribution < -0.4 is 0 Å². The van der Waals surface area contributed by atoms with Crippen LogP contribution in [0.15, 0.2) is 12.7 Å². The van der Waals surface area contributed by atoms with Gasteiger partial charge in [0.2, 0.25) is 0 Å². The molecule has 0 aliphatic heterocycles. The molecule has 0 aromatic rings. The van der Waals surface area contributed by atoms with E-state index in [-0.39, 0.29) is 0 Å². The van der Waals surface area contributed by atoms with Gasteiger partial charge in [-0.05, 0) is 19.3 Å². The Hall–Kier alpha value is -0.870. The highest BCUT2D eigenvalue weighted by atomic mass is 16.4. The number of hydrogen-bond donors (Lipinski definition) is 3. The number of aliphatic carboxylic acids is 1.